The van der Waals surface area contributed by atoms with Gasteiger partial charge in [0.15, 0.2) is 0 Å². The lowest BCUT2D eigenvalue weighted by Crippen LogP contribution is -2.06. The third-order valence-electron chi connectivity index (χ3n) is 2.61. The molecule has 2 aromatic carbocycles. The number of hydrogen-bond donors (Lipinski definition) is 3. The van der Waals surface area contributed by atoms with Crippen molar-refractivity contribution in [1.82, 2.24) is 0 Å². The number of hydrogen-bond acceptors (Lipinski definition) is 3. The van der Waals surface area contributed by atoms with Crippen LogP contribution in [0.3, 0.4) is 0 Å². The van der Waals surface area contributed by atoms with Crippen LogP contribution < -0.4 is 11.1 Å². The quantitative estimate of drug-likeness (QED) is 0.761. The van der Waals surface area contributed by atoms with Gasteiger partial charge in [-0.05, 0) is 35.9 Å². The van der Waals surface area contributed by atoms with E-state index in [-0.39, 0.29) is 6.61 Å². The van der Waals surface area contributed by atoms with Crippen molar-refractivity contribution in [3.63, 3.8) is 0 Å². The van der Waals surface area contributed by atoms with Crippen molar-refractivity contribution in [1.29, 1.82) is 0 Å². The highest BCUT2D eigenvalue weighted by Crippen LogP contribution is 2.31. The number of nitrogens with two attached hydrogens (primary N) is 1. The van der Waals surface area contributed by atoms with Gasteiger partial charge < -0.3 is 16.2 Å². The minimum Gasteiger partial charge on any atom is -0.399 e. The fourth-order valence-electron chi connectivity index (χ4n) is 1.80. The summed E-state index contributed by atoms with van der Waals surface area (Å²) in [5.41, 5.74) is 9.65. The van der Waals surface area contributed by atoms with E-state index < -0.39 is 0 Å². The zero-order valence-corrected chi connectivity index (χ0v) is 11.4. The normalized spacial score (nSPS) is 10.3. The van der Waals surface area contributed by atoms with Crippen molar-refractivity contribution in [2.24, 2.45) is 0 Å². The van der Waals surface area contributed by atoms with Crippen LogP contribution in [0.15, 0.2) is 46.9 Å². The first-order chi connectivity index (χ1) is 8.70. The van der Waals surface area contributed by atoms with Crippen LogP contribution in [0.2, 0.25) is 0 Å². The fourth-order valence-corrected chi connectivity index (χ4v) is 2.20. The standard InChI is InChI=1S/C14H15BrN2O/c15-11-3-1-2-10(8-11)13-9-12(16)4-5-14(13)17-6-7-18/h1-5,8-9,17-18H,6-7,16H2. The molecule has 94 valence electrons. The fraction of sp³-hybridized carbons (Fsp3) is 0.143. The van der Waals surface area contributed by atoms with Crippen molar-refractivity contribution in [2.75, 3.05) is 24.2 Å². The van der Waals surface area contributed by atoms with E-state index in [1.807, 2.05) is 42.5 Å². The molecule has 2 rings (SSSR count). The van der Waals surface area contributed by atoms with E-state index in [0.717, 1.165) is 27.0 Å². The molecule has 18 heavy (non-hydrogen) atoms. The molecule has 0 saturated heterocycles. The summed E-state index contributed by atoms with van der Waals surface area (Å²) in [4.78, 5) is 0. The van der Waals surface area contributed by atoms with Gasteiger partial charge in [0.1, 0.15) is 0 Å². The van der Waals surface area contributed by atoms with Crippen molar-refractivity contribution in [3.8, 4) is 11.1 Å². The molecule has 0 heterocycles. The Morgan fingerprint density at radius 1 is 1.17 bits per heavy atom. The van der Waals surface area contributed by atoms with Crippen molar-refractivity contribution in [2.45, 2.75) is 0 Å². The molecule has 0 aromatic heterocycles. The summed E-state index contributed by atoms with van der Waals surface area (Å²) in [7, 11) is 0. The highest BCUT2D eigenvalue weighted by Gasteiger charge is 2.05. The number of nitrogen functional groups attached to an aromatic ring is 1. The van der Waals surface area contributed by atoms with Crippen LogP contribution in [0.1, 0.15) is 0 Å². The van der Waals surface area contributed by atoms with Crippen LogP contribution in [0, 0.1) is 0 Å². The van der Waals surface area contributed by atoms with Crippen molar-refractivity contribution >= 4 is 27.3 Å². The molecule has 0 radical (unpaired) electrons. The lowest BCUT2D eigenvalue weighted by Gasteiger charge is -2.12. The SMILES string of the molecule is Nc1ccc(NCCO)c(-c2cccc(Br)c2)c1. The molecule has 4 heteroatoms. The second-order valence-electron chi connectivity index (χ2n) is 3.97. The molecule has 0 atom stereocenters. The number of halogens is 1. The summed E-state index contributed by atoms with van der Waals surface area (Å²) >= 11 is 3.46. The van der Waals surface area contributed by atoms with E-state index in [0.29, 0.717) is 6.54 Å². The van der Waals surface area contributed by atoms with Crippen molar-refractivity contribution < 1.29 is 5.11 Å². The Morgan fingerprint density at radius 2 is 2.00 bits per heavy atom. The Labute approximate surface area is 115 Å². The molecule has 4 N–H and O–H groups in total. The molecule has 0 aliphatic rings. The van der Waals surface area contributed by atoms with Crippen LogP contribution in [-0.4, -0.2) is 18.3 Å². The Morgan fingerprint density at radius 3 is 2.72 bits per heavy atom. The lowest BCUT2D eigenvalue weighted by atomic mass is 10.0. The molecule has 3 nitrogen and oxygen atoms in total. The van der Waals surface area contributed by atoms with Crippen LogP contribution in [0.25, 0.3) is 11.1 Å². The minimum absolute atomic E-state index is 0.0995. The van der Waals surface area contributed by atoms with Crippen LogP contribution in [0.4, 0.5) is 11.4 Å². The maximum absolute atomic E-state index is 8.89. The van der Waals surface area contributed by atoms with E-state index in [4.69, 9.17) is 10.8 Å². The monoisotopic (exact) mass is 306 g/mol. The molecular weight excluding hydrogens is 292 g/mol. The average molecular weight is 307 g/mol. The molecule has 2 aromatic rings. The van der Waals surface area contributed by atoms with E-state index in [1.165, 1.54) is 0 Å². The van der Waals surface area contributed by atoms with Gasteiger partial charge in [-0.2, -0.15) is 0 Å². The number of aliphatic hydroxyl groups excluding tert-OH is 1. The summed E-state index contributed by atoms with van der Waals surface area (Å²) in [6.07, 6.45) is 0. The molecule has 0 unspecified atom stereocenters. The van der Waals surface area contributed by atoms with E-state index in [2.05, 4.69) is 21.2 Å². The molecule has 0 amide bonds. The Balaban J connectivity index is 2.44. The zero-order valence-electron chi connectivity index (χ0n) is 9.86. The van der Waals surface area contributed by atoms with Gasteiger partial charge in [-0.1, -0.05) is 28.1 Å². The summed E-state index contributed by atoms with van der Waals surface area (Å²) in [6, 6.07) is 13.8. The molecule has 0 fully saturated rings. The number of rotatable bonds is 4. The minimum atomic E-state index is 0.0995. The molecule has 0 spiro atoms. The van der Waals surface area contributed by atoms with Crippen LogP contribution in [0.5, 0.6) is 0 Å². The zero-order chi connectivity index (χ0) is 13.0. The molecule has 0 saturated carbocycles. The van der Waals surface area contributed by atoms with Gasteiger partial charge >= 0.3 is 0 Å². The summed E-state index contributed by atoms with van der Waals surface area (Å²) in [5, 5.41) is 12.1. The first-order valence-corrected chi connectivity index (χ1v) is 6.50. The first kappa shape index (κ1) is 12.9. The first-order valence-electron chi connectivity index (χ1n) is 5.71. The second-order valence-corrected chi connectivity index (χ2v) is 4.88. The van der Waals surface area contributed by atoms with Gasteiger partial charge in [0, 0.05) is 28.0 Å². The van der Waals surface area contributed by atoms with Crippen LogP contribution in [-0.2, 0) is 0 Å². The van der Waals surface area contributed by atoms with Gasteiger partial charge in [-0.25, -0.2) is 0 Å². The number of nitrogens with one attached hydrogen (secondary N) is 1. The number of aliphatic hydroxyl groups is 1. The van der Waals surface area contributed by atoms with Gasteiger partial charge in [-0.3, -0.25) is 0 Å². The summed E-state index contributed by atoms with van der Waals surface area (Å²) in [5.74, 6) is 0. The molecule has 0 aliphatic heterocycles. The third kappa shape index (κ3) is 3.03. The number of anilines is 2. The van der Waals surface area contributed by atoms with Gasteiger partial charge in [0.25, 0.3) is 0 Å². The van der Waals surface area contributed by atoms with Crippen LogP contribution >= 0.6 is 15.9 Å². The van der Waals surface area contributed by atoms with E-state index in [9.17, 15) is 0 Å². The Hall–Kier alpha value is -1.52. The van der Waals surface area contributed by atoms with Gasteiger partial charge in [0.2, 0.25) is 0 Å². The van der Waals surface area contributed by atoms with Gasteiger partial charge in [-0.15, -0.1) is 0 Å². The molecule has 0 aliphatic carbocycles. The lowest BCUT2D eigenvalue weighted by molar-refractivity contribution is 0.311. The third-order valence-corrected chi connectivity index (χ3v) is 3.10. The maximum atomic E-state index is 8.89. The topological polar surface area (TPSA) is 58.3 Å². The van der Waals surface area contributed by atoms with E-state index >= 15 is 0 Å². The van der Waals surface area contributed by atoms with Crippen molar-refractivity contribution in [3.05, 3.63) is 46.9 Å². The number of benzene rings is 2. The van der Waals surface area contributed by atoms with E-state index in [1.54, 1.807) is 0 Å². The maximum Gasteiger partial charge on any atom is 0.0604 e. The highest BCUT2D eigenvalue weighted by molar-refractivity contribution is 9.10. The van der Waals surface area contributed by atoms with Gasteiger partial charge in [0.05, 0.1) is 6.61 Å². The molecule has 0 bridgehead atoms. The summed E-state index contributed by atoms with van der Waals surface area (Å²) in [6.45, 7) is 0.618. The smallest absolute Gasteiger partial charge is 0.0604 e. The Kier molecular flexibility index (Phi) is 4.23. The summed E-state index contributed by atoms with van der Waals surface area (Å²) < 4.78 is 1.02. The highest BCUT2D eigenvalue weighted by atomic mass is 79.9. The average Bonchev–Trinajstić information content (AvgIpc) is 2.37. The predicted octanol–water partition coefficient (Wildman–Crippen LogP) is 3.10. The largest absolute Gasteiger partial charge is 0.399 e. The molecular formula is C14H15BrN2O. The Bertz CT molecular complexity index is 543. The predicted molar refractivity (Wildman–Crippen MR) is 79.6 cm³/mol. The second kappa shape index (κ2) is 5.89.